The largest absolute Gasteiger partial charge is 0.145 e. The van der Waals surface area contributed by atoms with Crippen LogP contribution >= 0.6 is 0 Å². The van der Waals surface area contributed by atoms with Gasteiger partial charge in [-0.05, 0) is 0 Å². The van der Waals surface area contributed by atoms with Gasteiger partial charge in [0.05, 0.1) is 0 Å². The van der Waals surface area contributed by atoms with Crippen LogP contribution in [-0.2, 0) is 21.7 Å². The summed E-state index contributed by atoms with van der Waals surface area (Å²) in [6, 6.07) is 23.4. The number of hydrogen-bond donors (Lipinski definition) is 0. The van der Waals surface area contributed by atoms with Gasteiger partial charge in [0.1, 0.15) is 0 Å². The first-order valence-electron chi connectivity index (χ1n) is 5.14. The van der Waals surface area contributed by atoms with Crippen LogP contribution in [0.15, 0.2) is 66.7 Å². The van der Waals surface area contributed by atoms with Crippen molar-refractivity contribution in [2.45, 2.75) is 0 Å². The van der Waals surface area contributed by atoms with Gasteiger partial charge in [-0.1, -0.05) is 54.1 Å². The summed E-state index contributed by atoms with van der Waals surface area (Å²) in [6.07, 6.45) is 0. The molecular formula is C15H11Ti-. The number of fused-ring (bicyclic) bond motifs is 1. The van der Waals surface area contributed by atoms with Crippen LogP contribution in [0.1, 0.15) is 0 Å². The molecule has 0 saturated heterocycles. The van der Waals surface area contributed by atoms with Crippen LogP contribution in [0.4, 0.5) is 0 Å². The predicted octanol–water partition coefficient (Wildman–Crippen LogP) is 4.22. The van der Waals surface area contributed by atoms with E-state index in [4.69, 9.17) is 0 Å². The van der Waals surface area contributed by atoms with Gasteiger partial charge in [0, 0.05) is 21.7 Å². The third-order valence-corrected chi connectivity index (χ3v) is 2.73. The Hall–Kier alpha value is -1.24. The Labute approximate surface area is 110 Å². The van der Waals surface area contributed by atoms with E-state index in [-0.39, 0.29) is 21.7 Å². The van der Waals surface area contributed by atoms with Crippen LogP contribution in [0.25, 0.3) is 21.9 Å². The summed E-state index contributed by atoms with van der Waals surface area (Å²) in [5, 5.41) is 2.63. The SMILES string of the molecule is [Ti].c1ccc(-c2cc3ccccc3[cH-]2)cc1. The molecule has 0 heterocycles. The van der Waals surface area contributed by atoms with Crippen LogP contribution in [-0.4, -0.2) is 0 Å². The van der Waals surface area contributed by atoms with E-state index >= 15 is 0 Å². The zero-order valence-electron chi connectivity index (χ0n) is 8.85. The van der Waals surface area contributed by atoms with Crippen LogP contribution < -0.4 is 0 Å². The zero-order chi connectivity index (χ0) is 10.1. The van der Waals surface area contributed by atoms with E-state index in [2.05, 4.69) is 60.7 Å². The van der Waals surface area contributed by atoms with E-state index in [0.29, 0.717) is 0 Å². The van der Waals surface area contributed by atoms with Gasteiger partial charge >= 0.3 is 0 Å². The molecular weight excluding hydrogens is 228 g/mol. The molecule has 0 amide bonds. The van der Waals surface area contributed by atoms with Crippen molar-refractivity contribution in [3.63, 3.8) is 0 Å². The van der Waals surface area contributed by atoms with Crippen molar-refractivity contribution in [2.24, 2.45) is 0 Å². The summed E-state index contributed by atoms with van der Waals surface area (Å²) in [7, 11) is 0. The molecule has 1 heteroatoms. The molecule has 0 aromatic heterocycles. The summed E-state index contributed by atoms with van der Waals surface area (Å²) in [4.78, 5) is 0. The molecule has 0 spiro atoms. The molecule has 0 aliphatic carbocycles. The molecule has 0 radical (unpaired) electrons. The maximum Gasteiger partial charge on any atom is 0 e. The molecule has 16 heavy (non-hydrogen) atoms. The first-order chi connectivity index (χ1) is 7.43. The number of benzene rings is 2. The van der Waals surface area contributed by atoms with Crippen molar-refractivity contribution >= 4 is 10.8 Å². The summed E-state index contributed by atoms with van der Waals surface area (Å²) < 4.78 is 0. The number of rotatable bonds is 1. The normalized spacial score (nSPS) is 10.0. The topological polar surface area (TPSA) is 0 Å². The minimum atomic E-state index is 0. The molecule has 3 aromatic carbocycles. The average molecular weight is 239 g/mol. The Morgan fingerprint density at radius 3 is 2.19 bits per heavy atom. The first kappa shape index (κ1) is 11.3. The molecule has 76 valence electrons. The van der Waals surface area contributed by atoms with Crippen LogP contribution in [0.3, 0.4) is 0 Å². The van der Waals surface area contributed by atoms with E-state index < -0.39 is 0 Å². The van der Waals surface area contributed by atoms with Crippen LogP contribution in [0.2, 0.25) is 0 Å². The molecule has 0 saturated carbocycles. The molecule has 0 atom stereocenters. The summed E-state index contributed by atoms with van der Waals surface area (Å²) in [6.45, 7) is 0. The average Bonchev–Trinajstić information content (AvgIpc) is 2.74. The minimum absolute atomic E-state index is 0. The van der Waals surface area contributed by atoms with Gasteiger partial charge < -0.3 is 0 Å². The Bertz CT molecular complexity index is 545. The van der Waals surface area contributed by atoms with E-state index in [1.165, 1.54) is 21.9 Å². The third kappa shape index (κ3) is 1.99. The summed E-state index contributed by atoms with van der Waals surface area (Å²) >= 11 is 0. The van der Waals surface area contributed by atoms with Gasteiger partial charge in [0.15, 0.2) is 0 Å². The fourth-order valence-corrected chi connectivity index (χ4v) is 1.95. The molecule has 3 aromatic rings. The van der Waals surface area contributed by atoms with Gasteiger partial charge in [0.2, 0.25) is 0 Å². The van der Waals surface area contributed by atoms with Crippen molar-refractivity contribution in [3.8, 4) is 11.1 Å². The van der Waals surface area contributed by atoms with Gasteiger partial charge in [-0.15, -0.1) is 34.5 Å². The van der Waals surface area contributed by atoms with Crippen molar-refractivity contribution in [2.75, 3.05) is 0 Å². The fourth-order valence-electron chi connectivity index (χ4n) is 1.95. The van der Waals surface area contributed by atoms with Crippen molar-refractivity contribution < 1.29 is 21.7 Å². The second-order valence-corrected chi connectivity index (χ2v) is 3.74. The van der Waals surface area contributed by atoms with Gasteiger partial charge in [-0.3, -0.25) is 0 Å². The standard InChI is InChI=1S/C15H11.Ti/c1-2-6-12(7-3-1)15-10-13-8-4-5-9-14(13)11-15;/h1-11H;/q-1;. The quantitative estimate of drug-likeness (QED) is 0.440. The monoisotopic (exact) mass is 239 g/mol. The smallest absolute Gasteiger partial charge is 0 e. The Morgan fingerprint density at radius 1 is 0.750 bits per heavy atom. The van der Waals surface area contributed by atoms with Gasteiger partial charge in [-0.25, -0.2) is 0 Å². The molecule has 0 aliphatic heterocycles. The molecule has 0 nitrogen and oxygen atoms in total. The van der Waals surface area contributed by atoms with E-state index in [9.17, 15) is 0 Å². The number of hydrogen-bond acceptors (Lipinski definition) is 0. The molecule has 3 rings (SSSR count). The predicted molar refractivity (Wildman–Crippen MR) is 65.0 cm³/mol. The summed E-state index contributed by atoms with van der Waals surface area (Å²) in [5.41, 5.74) is 2.59. The van der Waals surface area contributed by atoms with Crippen molar-refractivity contribution in [1.82, 2.24) is 0 Å². The molecule has 0 aliphatic rings. The van der Waals surface area contributed by atoms with E-state index in [1.807, 2.05) is 6.07 Å². The Kier molecular flexibility index (Phi) is 3.33. The maximum absolute atomic E-state index is 2.24. The molecule has 0 bridgehead atoms. The van der Waals surface area contributed by atoms with Crippen LogP contribution in [0.5, 0.6) is 0 Å². The second kappa shape index (κ2) is 4.73. The van der Waals surface area contributed by atoms with E-state index in [1.54, 1.807) is 0 Å². The van der Waals surface area contributed by atoms with Crippen molar-refractivity contribution in [3.05, 3.63) is 66.7 Å². The minimum Gasteiger partial charge on any atom is -0.145 e. The van der Waals surface area contributed by atoms with Gasteiger partial charge in [0.25, 0.3) is 0 Å². The third-order valence-electron chi connectivity index (χ3n) is 2.73. The van der Waals surface area contributed by atoms with E-state index in [0.717, 1.165) is 0 Å². The summed E-state index contributed by atoms with van der Waals surface area (Å²) in [5.74, 6) is 0. The van der Waals surface area contributed by atoms with Crippen molar-refractivity contribution in [1.29, 1.82) is 0 Å². The zero-order valence-corrected chi connectivity index (χ0v) is 10.4. The Morgan fingerprint density at radius 2 is 1.44 bits per heavy atom. The molecule has 0 unspecified atom stereocenters. The Balaban J connectivity index is 0.000000963. The van der Waals surface area contributed by atoms with Gasteiger partial charge in [-0.2, -0.15) is 0 Å². The maximum atomic E-state index is 2.24. The second-order valence-electron chi connectivity index (χ2n) is 3.74. The van der Waals surface area contributed by atoms with Crippen LogP contribution in [0, 0.1) is 0 Å². The molecule has 0 N–H and O–H groups in total. The fraction of sp³-hybridized carbons (Fsp3) is 0. The first-order valence-corrected chi connectivity index (χ1v) is 5.14. The molecule has 0 fully saturated rings.